The molecule has 0 radical (unpaired) electrons. The minimum Gasteiger partial charge on any atom is -0.465 e. The molecule has 1 saturated heterocycles. The second-order valence-electron chi connectivity index (χ2n) is 8.57. The summed E-state index contributed by atoms with van der Waals surface area (Å²) in [4.78, 5) is 28.7. The Balaban J connectivity index is 1.68. The van der Waals surface area contributed by atoms with Crippen LogP contribution in [0.5, 0.6) is 0 Å². The summed E-state index contributed by atoms with van der Waals surface area (Å²) in [6, 6.07) is 5.71. The van der Waals surface area contributed by atoms with Crippen molar-refractivity contribution in [2.75, 3.05) is 25.9 Å². The van der Waals surface area contributed by atoms with Gasteiger partial charge < -0.3 is 20.7 Å². The fourth-order valence-corrected chi connectivity index (χ4v) is 6.57. The first-order valence-electron chi connectivity index (χ1n) is 11.0. The number of hydrogen-bond acceptors (Lipinski definition) is 5. The predicted octanol–water partition coefficient (Wildman–Crippen LogP) is 3.63. The summed E-state index contributed by atoms with van der Waals surface area (Å²) >= 11 is 1.46. The van der Waals surface area contributed by atoms with Gasteiger partial charge in [0.2, 0.25) is 10.0 Å². The van der Waals surface area contributed by atoms with Crippen LogP contribution in [0.2, 0.25) is 0 Å². The highest BCUT2D eigenvalue weighted by Crippen LogP contribution is 2.38. The third kappa shape index (κ3) is 4.68. The molecule has 0 saturated carbocycles. The number of aromatic nitrogens is 1. The molecule has 4 rings (SSSR count). The van der Waals surface area contributed by atoms with E-state index in [1.807, 2.05) is 23.7 Å². The maximum absolute atomic E-state index is 12.3. The first-order valence-corrected chi connectivity index (χ1v) is 13.5. The fraction of sp³-hybridized carbons (Fsp3) is 0.391. The standard InChI is InChI=1S/C23H28N4O5S2/c1-3-34(31,32)27-6-4-14(5-7-27)20-11-25-21-18(20)9-15(10-19(21)22(24)28)16-8-17(33-13-16)12-26(2)23(29)30/h8-11,13-14,25H,3-7,12H2,1-2H3,(H2,24,28)(H,29,30). The third-order valence-electron chi connectivity index (χ3n) is 6.45. The van der Waals surface area contributed by atoms with E-state index in [0.717, 1.165) is 27.0 Å². The largest absolute Gasteiger partial charge is 0.465 e. The Hall–Kier alpha value is -2.89. The second-order valence-corrected chi connectivity index (χ2v) is 11.8. The van der Waals surface area contributed by atoms with Crippen LogP contribution in [0.25, 0.3) is 22.0 Å². The second kappa shape index (κ2) is 9.40. The Morgan fingerprint density at radius 1 is 1.24 bits per heavy atom. The summed E-state index contributed by atoms with van der Waals surface area (Å²) in [5.41, 5.74) is 9.53. The summed E-state index contributed by atoms with van der Waals surface area (Å²) in [6.07, 6.45) is 2.30. The third-order valence-corrected chi connectivity index (χ3v) is 9.25. The van der Waals surface area contributed by atoms with Crippen molar-refractivity contribution < 1.29 is 23.1 Å². The molecule has 0 spiro atoms. The lowest BCUT2D eigenvalue weighted by molar-refractivity contribution is 0.100. The van der Waals surface area contributed by atoms with Crippen molar-refractivity contribution in [1.29, 1.82) is 0 Å². The lowest BCUT2D eigenvalue weighted by Crippen LogP contribution is -2.38. The van der Waals surface area contributed by atoms with E-state index in [1.165, 1.54) is 23.3 Å². The normalized spacial score (nSPS) is 15.6. The van der Waals surface area contributed by atoms with Crippen molar-refractivity contribution in [3.8, 4) is 11.1 Å². The van der Waals surface area contributed by atoms with Gasteiger partial charge in [0.1, 0.15) is 0 Å². The van der Waals surface area contributed by atoms with E-state index in [1.54, 1.807) is 17.3 Å². The Morgan fingerprint density at radius 2 is 1.94 bits per heavy atom. The van der Waals surface area contributed by atoms with Gasteiger partial charge in [-0.1, -0.05) is 0 Å². The molecular weight excluding hydrogens is 476 g/mol. The molecule has 0 aliphatic carbocycles. The van der Waals surface area contributed by atoms with Crippen LogP contribution in [0, 0.1) is 0 Å². The van der Waals surface area contributed by atoms with Crippen LogP contribution in [-0.4, -0.2) is 65.6 Å². The first-order chi connectivity index (χ1) is 16.1. The van der Waals surface area contributed by atoms with Crippen molar-refractivity contribution in [3.63, 3.8) is 0 Å². The lowest BCUT2D eigenvalue weighted by atomic mass is 9.88. The average molecular weight is 505 g/mol. The number of thiophene rings is 1. The van der Waals surface area contributed by atoms with Crippen molar-refractivity contribution in [2.45, 2.75) is 32.2 Å². The minimum atomic E-state index is -3.20. The van der Waals surface area contributed by atoms with Crippen LogP contribution in [-0.2, 0) is 16.6 Å². The molecule has 1 aliphatic rings. The van der Waals surface area contributed by atoms with Crippen LogP contribution in [0.4, 0.5) is 4.79 Å². The monoisotopic (exact) mass is 504 g/mol. The number of benzene rings is 1. The van der Waals surface area contributed by atoms with E-state index < -0.39 is 22.0 Å². The molecule has 182 valence electrons. The number of H-pyrrole nitrogens is 1. The summed E-state index contributed by atoms with van der Waals surface area (Å²) in [7, 11) is -1.69. The number of nitrogens with zero attached hydrogens (tertiary/aromatic N) is 2. The quantitative estimate of drug-likeness (QED) is 0.451. The zero-order chi connectivity index (χ0) is 24.6. The molecule has 0 unspecified atom stereocenters. The Kier molecular flexibility index (Phi) is 6.70. The van der Waals surface area contributed by atoms with Crippen molar-refractivity contribution in [3.05, 3.63) is 45.8 Å². The van der Waals surface area contributed by atoms with Crippen LogP contribution in [0.15, 0.2) is 29.8 Å². The Bertz CT molecular complexity index is 1340. The number of piperidine rings is 1. The van der Waals surface area contributed by atoms with E-state index in [9.17, 15) is 18.0 Å². The lowest BCUT2D eigenvalue weighted by Gasteiger charge is -2.31. The number of hydrogen-bond donors (Lipinski definition) is 3. The number of primary amides is 1. The van der Waals surface area contributed by atoms with Gasteiger partial charge in [0.15, 0.2) is 0 Å². The molecule has 3 heterocycles. The van der Waals surface area contributed by atoms with Crippen LogP contribution in [0.3, 0.4) is 0 Å². The average Bonchev–Trinajstić information content (AvgIpc) is 3.45. The Morgan fingerprint density at radius 3 is 2.56 bits per heavy atom. The van der Waals surface area contributed by atoms with E-state index in [4.69, 9.17) is 10.8 Å². The molecule has 2 amide bonds. The van der Waals surface area contributed by atoms with Gasteiger partial charge in [-0.15, -0.1) is 11.3 Å². The highest BCUT2D eigenvalue weighted by atomic mass is 32.2. The zero-order valence-corrected chi connectivity index (χ0v) is 20.7. The number of sulfonamides is 1. The molecule has 4 N–H and O–H groups in total. The molecule has 1 aliphatic heterocycles. The summed E-state index contributed by atoms with van der Waals surface area (Å²) in [5, 5.41) is 12.0. The number of nitrogens with one attached hydrogen (secondary N) is 1. The SMILES string of the molecule is CCS(=O)(=O)N1CCC(c2c[nH]c3c(C(N)=O)cc(-c4csc(CN(C)C(=O)O)c4)cc23)CC1. The van der Waals surface area contributed by atoms with Crippen LogP contribution >= 0.6 is 11.3 Å². The molecule has 0 bridgehead atoms. The predicted molar refractivity (Wildman–Crippen MR) is 133 cm³/mol. The number of carbonyl (C=O) groups is 2. The molecule has 11 heteroatoms. The minimum absolute atomic E-state index is 0.0982. The van der Waals surface area contributed by atoms with E-state index in [0.29, 0.717) is 37.0 Å². The van der Waals surface area contributed by atoms with Gasteiger partial charge in [0.05, 0.1) is 23.4 Å². The van der Waals surface area contributed by atoms with Gasteiger partial charge in [0, 0.05) is 36.6 Å². The van der Waals surface area contributed by atoms with E-state index >= 15 is 0 Å². The fourth-order valence-electron chi connectivity index (χ4n) is 4.50. The van der Waals surface area contributed by atoms with Gasteiger partial charge in [-0.25, -0.2) is 17.5 Å². The maximum atomic E-state index is 12.3. The molecule has 1 fully saturated rings. The van der Waals surface area contributed by atoms with Gasteiger partial charge >= 0.3 is 6.09 Å². The molecule has 1 aromatic carbocycles. The molecule has 34 heavy (non-hydrogen) atoms. The zero-order valence-electron chi connectivity index (χ0n) is 19.1. The highest BCUT2D eigenvalue weighted by Gasteiger charge is 2.29. The van der Waals surface area contributed by atoms with Gasteiger partial charge in [-0.3, -0.25) is 4.79 Å². The number of carboxylic acid groups (broad SMARTS) is 1. The number of aromatic amines is 1. The molecule has 9 nitrogen and oxygen atoms in total. The number of fused-ring (bicyclic) bond motifs is 1. The number of amides is 2. The smallest absolute Gasteiger partial charge is 0.407 e. The van der Waals surface area contributed by atoms with Gasteiger partial charge in [0.25, 0.3) is 5.91 Å². The van der Waals surface area contributed by atoms with Crippen LogP contribution in [0.1, 0.15) is 46.5 Å². The number of rotatable bonds is 7. The molecule has 2 aromatic heterocycles. The van der Waals surface area contributed by atoms with E-state index in [2.05, 4.69) is 4.98 Å². The maximum Gasteiger partial charge on any atom is 0.407 e. The van der Waals surface area contributed by atoms with Crippen molar-refractivity contribution >= 4 is 44.3 Å². The summed E-state index contributed by atoms with van der Waals surface area (Å²) in [5.74, 6) is -0.276. The van der Waals surface area contributed by atoms with E-state index in [-0.39, 0.29) is 18.2 Å². The highest BCUT2D eigenvalue weighted by molar-refractivity contribution is 7.89. The molecule has 0 atom stereocenters. The summed E-state index contributed by atoms with van der Waals surface area (Å²) < 4.78 is 26.0. The van der Waals surface area contributed by atoms with Crippen LogP contribution < -0.4 is 5.73 Å². The van der Waals surface area contributed by atoms with Crippen molar-refractivity contribution in [1.82, 2.24) is 14.2 Å². The summed E-state index contributed by atoms with van der Waals surface area (Å²) in [6.45, 7) is 2.88. The van der Waals surface area contributed by atoms with Gasteiger partial charge in [-0.2, -0.15) is 0 Å². The Labute approximate surface area is 202 Å². The molecule has 3 aromatic rings. The molecular formula is C23H28N4O5S2. The topological polar surface area (TPSA) is 137 Å². The van der Waals surface area contributed by atoms with Crippen molar-refractivity contribution in [2.24, 2.45) is 5.73 Å². The number of nitrogens with two attached hydrogens (primary N) is 1. The first kappa shape index (κ1) is 24.2. The van der Waals surface area contributed by atoms with Gasteiger partial charge in [-0.05, 0) is 66.0 Å². The number of carbonyl (C=O) groups excluding carboxylic acids is 1.